The molecule has 1 aromatic rings. The lowest BCUT2D eigenvalue weighted by Gasteiger charge is -2.11. The summed E-state index contributed by atoms with van der Waals surface area (Å²) in [6, 6.07) is 3.80. The van der Waals surface area contributed by atoms with Crippen LogP contribution in [0.1, 0.15) is 26.0 Å². The molecule has 5 nitrogen and oxygen atoms in total. The second-order valence-electron chi connectivity index (χ2n) is 4.52. The molecule has 1 rings (SSSR count). The molecule has 102 valence electrons. The molecule has 0 aromatic carbocycles. The third-order valence-corrected chi connectivity index (χ3v) is 3.77. The van der Waals surface area contributed by atoms with Gasteiger partial charge in [-0.2, -0.15) is 0 Å². The first-order valence-electron chi connectivity index (χ1n) is 6.06. The average molecular weight is 271 g/mol. The third-order valence-electron chi connectivity index (χ3n) is 2.41. The summed E-state index contributed by atoms with van der Waals surface area (Å²) in [6.07, 6.45) is 2.23. The van der Waals surface area contributed by atoms with Gasteiger partial charge in [0.05, 0.1) is 17.1 Å². The Labute approximate surface area is 109 Å². The number of pyridine rings is 1. The zero-order valence-corrected chi connectivity index (χ0v) is 11.9. The van der Waals surface area contributed by atoms with Crippen LogP contribution in [0.4, 0.5) is 5.69 Å². The molecule has 0 saturated heterocycles. The molecule has 0 spiro atoms. The summed E-state index contributed by atoms with van der Waals surface area (Å²) in [5.41, 5.74) is 1.23. The zero-order chi connectivity index (χ0) is 13.6. The van der Waals surface area contributed by atoms with Crippen LogP contribution in [0.2, 0.25) is 0 Å². The molecule has 0 aliphatic carbocycles. The molecule has 0 fully saturated rings. The Morgan fingerprint density at radius 1 is 1.39 bits per heavy atom. The lowest BCUT2D eigenvalue weighted by atomic mass is 10.3. The van der Waals surface area contributed by atoms with Crippen molar-refractivity contribution in [1.29, 1.82) is 0 Å². The Morgan fingerprint density at radius 2 is 2.11 bits per heavy atom. The predicted molar refractivity (Wildman–Crippen MR) is 74.1 cm³/mol. The minimum Gasteiger partial charge on any atom is -0.314 e. The van der Waals surface area contributed by atoms with Crippen LogP contribution in [0, 0.1) is 6.92 Å². The van der Waals surface area contributed by atoms with Crippen LogP contribution in [0.3, 0.4) is 0 Å². The van der Waals surface area contributed by atoms with Crippen molar-refractivity contribution in [3.63, 3.8) is 0 Å². The van der Waals surface area contributed by atoms with E-state index in [9.17, 15) is 8.42 Å². The van der Waals surface area contributed by atoms with E-state index in [4.69, 9.17) is 0 Å². The maximum Gasteiger partial charge on any atom is 0.232 e. The van der Waals surface area contributed by atoms with Crippen molar-refractivity contribution >= 4 is 15.7 Å². The first kappa shape index (κ1) is 14.9. The lowest BCUT2D eigenvalue weighted by Crippen LogP contribution is -2.26. The van der Waals surface area contributed by atoms with E-state index in [-0.39, 0.29) is 5.75 Å². The summed E-state index contributed by atoms with van der Waals surface area (Å²) in [7, 11) is -3.29. The van der Waals surface area contributed by atoms with Crippen LogP contribution in [-0.2, 0) is 10.0 Å². The normalized spacial score (nSPS) is 11.8. The second-order valence-corrected chi connectivity index (χ2v) is 6.36. The largest absolute Gasteiger partial charge is 0.314 e. The number of aromatic nitrogens is 1. The van der Waals surface area contributed by atoms with E-state index >= 15 is 0 Å². The number of anilines is 1. The summed E-state index contributed by atoms with van der Waals surface area (Å²) in [4.78, 5) is 4.04. The van der Waals surface area contributed by atoms with E-state index in [1.54, 1.807) is 25.3 Å². The number of sulfonamides is 1. The van der Waals surface area contributed by atoms with E-state index in [1.165, 1.54) is 0 Å². The monoisotopic (exact) mass is 271 g/mol. The number of hydrogen-bond acceptors (Lipinski definition) is 4. The molecular formula is C12H21N3O2S. The van der Waals surface area contributed by atoms with Crippen molar-refractivity contribution < 1.29 is 8.42 Å². The topological polar surface area (TPSA) is 71.1 Å². The molecule has 0 aliphatic rings. The molecule has 0 radical (unpaired) electrons. The van der Waals surface area contributed by atoms with Gasteiger partial charge >= 0.3 is 0 Å². The van der Waals surface area contributed by atoms with Crippen LogP contribution in [-0.4, -0.2) is 31.7 Å². The first-order valence-corrected chi connectivity index (χ1v) is 7.71. The Bertz CT molecular complexity index is 472. The number of aryl methyl sites for hydroxylation is 1. The van der Waals surface area contributed by atoms with Gasteiger partial charge in [-0.15, -0.1) is 0 Å². The summed E-state index contributed by atoms with van der Waals surface area (Å²) in [5, 5.41) is 3.19. The Kier molecular flexibility index (Phi) is 5.55. The molecule has 1 aromatic heterocycles. The lowest BCUT2D eigenvalue weighted by molar-refractivity contribution is 0.571. The van der Waals surface area contributed by atoms with E-state index in [1.807, 2.05) is 13.8 Å². The fourth-order valence-electron chi connectivity index (χ4n) is 1.46. The van der Waals surface area contributed by atoms with Gasteiger partial charge in [0.15, 0.2) is 0 Å². The van der Waals surface area contributed by atoms with Crippen LogP contribution in [0.25, 0.3) is 0 Å². The molecule has 18 heavy (non-hydrogen) atoms. The average Bonchev–Trinajstić information content (AvgIpc) is 2.27. The highest BCUT2D eigenvalue weighted by Gasteiger charge is 2.11. The van der Waals surface area contributed by atoms with Crippen LogP contribution in [0.5, 0.6) is 0 Å². The Hall–Kier alpha value is -1.14. The molecule has 1 heterocycles. The highest BCUT2D eigenvalue weighted by atomic mass is 32.2. The van der Waals surface area contributed by atoms with Gasteiger partial charge in [-0.3, -0.25) is 9.71 Å². The molecule has 0 atom stereocenters. The SMILES string of the molecule is Cc1ncccc1NS(=O)(=O)CCCNC(C)C. The zero-order valence-electron chi connectivity index (χ0n) is 11.1. The van der Waals surface area contributed by atoms with Crippen LogP contribution in [0.15, 0.2) is 18.3 Å². The fraction of sp³-hybridized carbons (Fsp3) is 0.583. The second kappa shape index (κ2) is 6.70. The van der Waals surface area contributed by atoms with Gasteiger partial charge in [-0.05, 0) is 32.0 Å². The van der Waals surface area contributed by atoms with Gasteiger partial charge in [-0.25, -0.2) is 8.42 Å². The molecule has 0 aliphatic heterocycles. The maximum atomic E-state index is 11.8. The van der Waals surface area contributed by atoms with Gasteiger partial charge in [-0.1, -0.05) is 13.8 Å². The van der Waals surface area contributed by atoms with E-state index in [0.29, 0.717) is 30.4 Å². The van der Waals surface area contributed by atoms with E-state index < -0.39 is 10.0 Å². The quantitative estimate of drug-likeness (QED) is 0.738. The maximum absolute atomic E-state index is 11.8. The number of nitrogens with one attached hydrogen (secondary N) is 2. The van der Waals surface area contributed by atoms with Gasteiger partial charge < -0.3 is 5.32 Å². The smallest absolute Gasteiger partial charge is 0.232 e. The van der Waals surface area contributed by atoms with E-state index in [2.05, 4.69) is 15.0 Å². The molecular weight excluding hydrogens is 250 g/mol. The molecule has 0 amide bonds. The van der Waals surface area contributed by atoms with Crippen molar-refractivity contribution in [2.24, 2.45) is 0 Å². The number of rotatable bonds is 7. The number of hydrogen-bond donors (Lipinski definition) is 2. The van der Waals surface area contributed by atoms with Gasteiger partial charge in [0.25, 0.3) is 0 Å². The van der Waals surface area contributed by atoms with Crippen LogP contribution < -0.4 is 10.0 Å². The number of nitrogens with zero attached hydrogens (tertiary/aromatic N) is 1. The Balaban J connectivity index is 2.48. The summed E-state index contributed by atoms with van der Waals surface area (Å²) in [5.74, 6) is 0.112. The summed E-state index contributed by atoms with van der Waals surface area (Å²) < 4.78 is 26.2. The van der Waals surface area contributed by atoms with Crippen molar-refractivity contribution in [3.05, 3.63) is 24.0 Å². The van der Waals surface area contributed by atoms with Crippen LogP contribution >= 0.6 is 0 Å². The molecule has 2 N–H and O–H groups in total. The molecule has 0 unspecified atom stereocenters. The predicted octanol–water partition coefficient (Wildman–Crippen LogP) is 1.52. The standard InChI is InChI=1S/C12H21N3O2S/c1-10(2)13-8-5-9-18(16,17)15-12-6-4-7-14-11(12)3/h4,6-7,10,13,15H,5,8-9H2,1-3H3. The van der Waals surface area contributed by atoms with Gasteiger partial charge in [0, 0.05) is 12.2 Å². The summed E-state index contributed by atoms with van der Waals surface area (Å²) >= 11 is 0. The first-order chi connectivity index (χ1) is 8.41. The highest BCUT2D eigenvalue weighted by molar-refractivity contribution is 7.92. The van der Waals surface area contributed by atoms with Crippen molar-refractivity contribution in [1.82, 2.24) is 10.3 Å². The fourth-order valence-corrected chi connectivity index (χ4v) is 2.64. The van der Waals surface area contributed by atoms with Gasteiger partial charge in [0.2, 0.25) is 10.0 Å². The molecule has 6 heteroatoms. The highest BCUT2D eigenvalue weighted by Crippen LogP contribution is 2.12. The third kappa shape index (κ3) is 5.46. The van der Waals surface area contributed by atoms with Crippen molar-refractivity contribution in [2.75, 3.05) is 17.0 Å². The molecule has 0 bridgehead atoms. The minimum atomic E-state index is -3.29. The van der Waals surface area contributed by atoms with E-state index in [0.717, 1.165) is 0 Å². The van der Waals surface area contributed by atoms with Gasteiger partial charge in [0.1, 0.15) is 0 Å². The Morgan fingerprint density at radius 3 is 2.72 bits per heavy atom. The summed E-state index contributed by atoms with van der Waals surface area (Å²) in [6.45, 7) is 6.54. The van der Waals surface area contributed by atoms with Crippen molar-refractivity contribution in [3.8, 4) is 0 Å². The minimum absolute atomic E-state index is 0.112. The molecule has 0 saturated carbocycles. The van der Waals surface area contributed by atoms with Crippen molar-refractivity contribution in [2.45, 2.75) is 33.2 Å².